The molecule has 0 amide bonds. The van der Waals surface area contributed by atoms with Crippen LogP contribution >= 0.6 is 0 Å². The van der Waals surface area contributed by atoms with Crippen LogP contribution in [0.25, 0.3) is 0 Å². The largest absolute Gasteiger partial charge is 0.387 e. The average Bonchev–Trinajstić information content (AvgIpc) is 2.15. The Balaban J connectivity index is 2.83. The van der Waals surface area contributed by atoms with E-state index >= 15 is 0 Å². The summed E-state index contributed by atoms with van der Waals surface area (Å²) in [6.07, 6.45) is -4.84. The molecule has 84 valence electrons. The van der Waals surface area contributed by atoms with Crippen molar-refractivity contribution in [3.63, 3.8) is 0 Å². The molecule has 0 aromatic rings. The number of hydrogen-bond donors (Lipinski definition) is 3. The maximum atomic E-state index is 9.62. The van der Waals surface area contributed by atoms with Gasteiger partial charge >= 0.3 is 0 Å². The van der Waals surface area contributed by atoms with E-state index in [-0.39, 0.29) is 0 Å². The molecular formula is C8H16O6. The third kappa shape index (κ3) is 1.77. The second-order valence-corrected chi connectivity index (χ2v) is 3.36. The summed E-state index contributed by atoms with van der Waals surface area (Å²) in [7, 11) is 2.62. The normalized spacial score (nSPS) is 49.3. The number of ether oxygens (including phenoxy) is 3. The smallest absolute Gasteiger partial charge is 0.196 e. The summed E-state index contributed by atoms with van der Waals surface area (Å²) in [4.78, 5) is 0. The molecule has 3 N–H and O–H groups in total. The molecular weight excluding hydrogens is 192 g/mol. The summed E-state index contributed by atoms with van der Waals surface area (Å²) in [6.45, 7) is 1.43. The molecule has 14 heavy (non-hydrogen) atoms. The Morgan fingerprint density at radius 1 is 1.21 bits per heavy atom. The summed E-state index contributed by atoms with van der Waals surface area (Å²) < 4.78 is 14.7. The Morgan fingerprint density at radius 3 is 2.21 bits per heavy atom. The molecule has 1 fully saturated rings. The fraction of sp³-hybridized carbons (Fsp3) is 1.00. The Labute approximate surface area is 82.0 Å². The van der Waals surface area contributed by atoms with Gasteiger partial charge in [0.05, 0.1) is 0 Å². The van der Waals surface area contributed by atoms with E-state index in [1.807, 2.05) is 0 Å². The van der Waals surface area contributed by atoms with Crippen LogP contribution in [-0.2, 0) is 14.2 Å². The van der Waals surface area contributed by atoms with Gasteiger partial charge in [-0.05, 0) is 6.92 Å². The summed E-state index contributed by atoms with van der Waals surface area (Å²) in [5.41, 5.74) is 0. The molecule has 1 saturated heterocycles. The third-order valence-electron chi connectivity index (χ3n) is 2.51. The molecule has 6 nitrogen and oxygen atoms in total. The summed E-state index contributed by atoms with van der Waals surface area (Å²) in [5.74, 6) is -1.42. The second kappa shape index (κ2) is 4.09. The molecule has 6 heteroatoms. The molecule has 1 aliphatic heterocycles. The van der Waals surface area contributed by atoms with Gasteiger partial charge in [-0.2, -0.15) is 0 Å². The van der Waals surface area contributed by atoms with E-state index in [1.165, 1.54) is 21.1 Å². The van der Waals surface area contributed by atoms with Crippen LogP contribution < -0.4 is 0 Å². The minimum atomic E-state index is -1.42. The Bertz CT molecular complexity index is 198. The Hall–Kier alpha value is -0.240. The van der Waals surface area contributed by atoms with Gasteiger partial charge in [-0.1, -0.05) is 0 Å². The zero-order valence-corrected chi connectivity index (χ0v) is 8.38. The van der Waals surface area contributed by atoms with Crippen molar-refractivity contribution in [2.24, 2.45) is 0 Å². The van der Waals surface area contributed by atoms with Crippen LogP contribution in [0.5, 0.6) is 0 Å². The van der Waals surface area contributed by atoms with Gasteiger partial charge in [-0.25, -0.2) is 0 Å². The van der Waals surface area contributed by atoms with Crippen molar-refractivity contribution in [1.29, 1.82) is 0 Å². The van der Waals surface area contributed by atoms with Gasteiger partial charge in [0.1, 0.15) is 18.3 Å². The first-order chi connectivity index (χ1) is 6.46. The molecule has 0 spiro atoms. The molecule has 1 heterocycles. The molecule has 0 radical (unpaired) electrons. The average molecular weight is 208 g/mol. The van der Waals surface area contributed by atoms with Gasteiger partial charge in [-0.15, -0.1) is 0 Å². The van der Waals surface area contributed by atoms with Crippen LogP contribution in [0.4, 0.5) is 0 Å². The first-order valence-electron chi connectivity index (χ1n) is 4.26. The van der Waals surface area contributed by atoms with Crippen LogP contribution in [0.3, 0.4) is 0 Å². The van der Waals surface area contributed by atoms with Crippen molar-refractivity contribution >= 4 is 0 Å². The van der Waals surface area contributed by atoms with E-state index in [9.17, 15) is 15.3 Å². The summed E-state index contributed by atoms with van der Waals surface area (Å²) in [6, 6.07) is 0. The fourth-order valence-electron chi connectivity index (χ4n) is 1.46. The highest BCUT2D eigenvalue weighted by atomic mass is 16.8. The fourth-order valence-corrected chi connectivity index (χ4v) is 1.46. The minimum absolute atomic E-state index is 0.978. The molecule has 1 rings (SSSR count). The molecule has 0 aromatic carbocycles. The molecule has 0 saturated carbocycles. The second-order valence-electron chi connectivity index (χ2n) is 3.36. The minimum Gasteiger partial charge on any atom is -0.387 e. The van der Waals surface area contributed by atoms with Gasteiger partial charge < -0.3 is 29.5 Å². The van der Waals surface area contributed by atoms with Crippen LogP contribution in [-0.4, -0.2) is 59.9 Å². The molecule has 5 atom stereocenters. The lowest BCUT2D eigenvalue weighted by atomic mass is 9.97. The first-order valence-corrected chi connectivity index (χ1v) is 4.26. The van der Waals surface area contributed by atoms with Gasteiger partial charge in [0.25, 0.3) is 0 Å². The number of aliphatic hydroxyl groups is 3. The van der Waals surface area contributed by atoms with Gasteiger partial charge in [-0.3, -0.25) is 0 Å². The number of methoxy groups -OCH3 is 2. The molecule has 5 unspecified atom stereocenters. The van der Waals surface area contributed by atoms with Gasteiger partial charge in [0.2, 0.25) is 0 Å². The third-order valence-corrected chi connectivity index (χ3v) is 2.51. The van der Waals surface area contributed by atoms with E-state index in [4.69, 9.17) is 14.2 Å². The van der Waals surface area contributed by atoms with Crippen molar-refractivity contribution in [1.82, 2.24) is 0 Å². The van der Waals surface area contributed by atoms with Crippen molar-refractivity contribution < 1.29 is 29.5 Å². The van der Waals surface area contributed by atoms with Gasteiger partial charge in [0.15, 0.2) is 12.1 Å². The van der Waals surface area contributed by atoms with Crippen LogP contribution in [0.2, 0.25) is 0 Å². The topological polar surface area (TPSA) is 88.4 Å². The highest BCUT2D eigenvalue weighted by Gasteiger charge is 2.51. The first kappa shape index (κ1) is 11.8. The van der Waals surface area contributed by atoms with E-state index < -0.39 is 30.4 Å². The monoisotopic (exact) mass is 208 g/mol. The van der Waals surface area contributed by atoms with E-state index in [0.29, 0.717) is 0 Å². The zero-order valence-electron chi connectivity index (χ0n) is 8.38. The maximum Gasteiger partial charge on any atom is 0.196 e. The predicted molar refractivity (Wildman–Crippen MR) is 45.3 cm³/mol. The Morgan fingerprint density at radius 2 is 1.79 bits per heavy atom. The SMILES string of the molecule is COC1C(O)OC(C)(OC)C(O)C1O. The maximum absolute atomic E-state index is 9.62. The van der Waals surface area contributed by atoms with E-state index in [1.54, 1.807) is 0 Å². The lowest BCUT2D eigenvalue weighted by Crippen LogP contribution is -2.64. The lowest BCUT2D eigenvalue weighted by molar-refractivity contribution is -0.385. The highest BCUT2D eigenvalue weighted by molar-refractivity contribution is 4.92. The summed E-state index contributed by atoms with van der Waals surface area (Å²) in [5, 5.41) is 28.6. The lowest BCUT2D eigenvalue weighted by Gasteiger charge is -2.45. The molecule has 0 aromatic heterocycles. The molecule has 1 aliphatic rings. The standard InChI is InChI=1S/C8H16O6/c1-8(13-3)6(10)4(9)5(12-2)7(11)14-8/h4-7,9-11H,1-3H3. The summed E-state index contributed by atoms with van der Waals surface area (Å²) >= 11 is 0. The number of aliphatic hydroxyl groups excluding tert-OH is 3. The van der Waals surface area contributed by atoms with E-state index in [2.05, 4.69) is 0 Å². The number of rotatable bonds is 2. The highest BCUT2D eigenvalue weighted by Crippen LogP contribution is 2.30. The van der Waals surface area contributed by atoms with Crippen molar-refractivity contribution in [3.8, 4) is 0 Å². The van der Waals surface area contributed by atoms with Crippen LogP contribution in [0.15, 0.2) is 0 Å². The molecule has 0 aliphatic carbocycles. The van der Waals surface area contributed by atoms with E-state index in [0.717, 1.165) is 0 Å². The van der Waals surface area contributed by atoms with Crippen molar-refractivity contribution in [2.75, 3.05) is 14.2 Å². The van der Waals surface area contributed by atoms with Gasteiger partial charge in [0, 0.05) is 14.2 Å². The predicted octanol–water partition coefficient (Wildman–Crippen LogP) is -1.57. The van der Waals surface area contributed by atoms with Crippen LogP contribution in [0.1, 0.15) is 6.92 Å². The van der Waals surface area contributed by atoms with Crippen LogP contribution in [0, 0.1) is 0 Å². The number of hydrogen-bond acceptors (Lipinski definition) is 6. The quantitative estimate of drug-likeness (QED) is 0.508. The van der Waals surface area contributed by atoms with Crippen molar-refractivity contribution in [3.05, 3.63) is 0 Å². The Kier molecular flexibility index (Phi) is 3.46. The molecule has 0 bridgehead atoms. The zero-order chi connectivity index (χ0) is 10.9. The van der Waals surface area contributed by atoms with Crippen molar-refractivity contribution in [2.45, 2.75) is 37.3 Å².